The van der Waals surface area contributed by atoms with Crippen LogP contribution in [-0.4, -0.2) is 71.5 Å². The summed E-state index contributed by atoms with van der Waals surface area (Å²) in [6, 6.07) is 0.232. The van der Waals surface area contributed by atoms with Crippen molar-refractivity contribution in [3.05, 3.63) is 5.82 Å². The summed E-state index contributed by atoms with van der Waals surface area (Å²) in [4.78, 5) is 13.6. The molecule has 122 valence electrons. The predicted molar refractivity (Wildman–Crippen MR) is 75.6 cm³/mol. The molecular formula is C12H19N5O4S. The third-order valence-electron chi connectivity index (χ3n) is 3.79. The van der Waals surface area contributed by atoms with E-state index >= 15 is 0 Å². The number of sulfone groups is 1. The summed E-state index contributed by atoms with van der Waals surface area (Å²) in [5.41, 5.74) is 0. The van der Waals surface area contributed by atoms with E-state index in [2.05, 4.69) is 15.5 Å². The van der Waals surface area contributed by atoms with Gasteiger partial charge in [-0.3, -0.25) is 4.79 Å². The van der Waals surface area contributed by atoms with Crippen molar-refractivity contribution in [2.75, 3.05) is 32.1 Å². The first kappa shape index (κ1) is 15.3. The fraction of sp³-hybridized carbons (Fsp3) is 0.833. The molecule has 9 nitrogen and oxygen atoms in total. The number of carbonyl (C=O) groups is 1. The quantitative estimate of drug-likeness (QED) is 0.670. The molecule has 2 fully saturated rings. The Labute approximate surface area is 128 Å². The number of hydrogen-bond acceptors (Lipinski definition) is 7. The summed E-state index contributed by atoms with van der Waals surface area (Å²) in [5, 5.41) is 11.2. The second kappa shape index (κ2) is 6.29. The van der Waals surface area contributed by atoms with Gasteiger partial charge < -0.3 is 9.64 Å². The molecule has 0 aromatic carbocycles. The molecule has 22 heavy (non-hydrogen) atoms. The van der Waals surface area contributed by atoms with E-state index in [0.717, 1.165) is 12.8 Å². The van der Waals surface area contributed by atoms with Crippen LogP contribution in [0.15, 0.2) is 0 Å². The maximum Gasteiger partial charge on any atom is 0.223 e. The Balaban J connectivity index is 1.54. The van der Waals surface area contributed by atoms with Crippen LogP contribution in [0.4, 0.5) is 0 Å². The van der Waals surface area contributed by atoms with Gasteiger partial charge in [-0.05, 0) is 23.3 Å². The van der Waals surface area contributed by atoms with Gasteiger partial charge in [0.1, 0.15) is 5.75 Å². The number of nitrogens with zero attached hydrogens (tertiary/aromatic N) is 5. The van der Waals surface area contributed by atoms with E-state index in [-0.39, 0.29) is 29.9 Å². The molecular weight excluding hydrogens is 310 g/mol. The number of ether oxygens (including phenoxy) is 1. The Bertz CT molecular complexity index is 634. The Hall–Kier alpha value is -1.55. The molecule has 0 atom stereocenters. The molecule has 0 N–H and O–H groups in total. The molecule has 3 rings (SSSR count). The minimum atomic E-state index is -3.41. The number of tetrazole rings is 1. The largest absolute Gasteiger partial charge is 0.378 e. The summed E-state index contributed by atoms with van der Waals surface area (Å²) in [6.07, 6.45) is 1.95. The van der Waals surface area contributed by atoms with Crippen LogP contribution in [0.25, 0.3) is 0 Å². The number of aromatic nitrogens is 4. The van der Waals surface area contributed by atoms with Crippen molar-refractivity contribution in [2.45, 2.75) is 31.1 Å². The van der Waals surface area contributed by atoms with Gasteiger partial charge in [0, 0.05) is 19.5 Å². The maximum atomic E-state index is 12.2. The number of amides is 1. The van der Waals surface area contributed by atoms with E-state index < -0.39 is 9.84 Å². The Kier molecular flexibility index (Phi) is 4.39. The van der Waals surface area contributed by atoms with Crippen molar-refractivity contribution in [2.24, 2.45) is 0 Å². The van der Waals surface area contributed by atoms with Crippen LogP contribution >= 0.6 is 0 Å². The van der Waals surface area contributed by atoms with Gasteiger partial charge in [0.15, 0.2) is 15.7 Å². The average molecular weight is 329 g/mol. The van der Waals surface area contributed by atoms with Gasteiger partial charge in [-0.1, -0.05) is 0 Å². The zero-order valence-electron chi connectivity index (χ0n) is 12.2. The fourth-order valence-electron chi connectivity index (χ4n) is 2.39. The van der Waals surface area contributed by atoms with Crippen molar-refractivity contribution >= 4 is 15.7 Å². The number of rotatable bonds is 6. The van der Waals surface area contributed by atoms with Crippen LogP contribution in [0.1, 0.15) is 31.1 Å². The normalized spacial score (nSPS) is 19.4. The molecule has 1 aliphatic heterocycles. The molecule has 2 aliphatic rings. The topological polar surface area (TPSA) is 107 Å². The summed E-state index contributed by atoms with van der Waals surface area (Å²) in [6.45, 7) is 2.07. The lowest BCUT2D eigenvalue weighted by molar-refractivity contribution is -0.134. The number of carbonyl (C=O) groups excluding carboxylic acids is 1. The van der Waals surface area contributed by atoms with Crippen molar-refractivity contribution in [3.63, 3.8) is 0 Å². The molecule has 1 amide bonds. The Morgan fingerprint density at radius 3 is 2.68 bits per heavy atom. The lowest BCUT2D eigenvalue weighted by Gasteiger charge is -2.26. The monoisotopic (exact) mass is 329 g/mol. The number of morpholine rings is 1. The molecule has 1 saturated heterocycles. The van der Waals surface area contributed by atoms with Crippen LogP contribution in [-0.2, 0) is 25.1 Å². The van der Waals surface area contributed by atoms with Gasteiger partial charge in [-0.25, -0.2) is 13.1 Å². The zero-order valence-corrected chi connectivity index (χ0v) is 13.0. The molecule has 0 bridgehead atoms. The summed E-state index contributed by atoms with van der Waals surface area (Å²) in [5.74, 6) is -0.178. The first-order chi connectivity index (χ1) is 10.6. The maximum absolute atomic E-state index is 12.2. The van der Waals surface area contributed by atoms with Crippen LogP contribution < -0.4 is 0 Å². The minimum absolute atomic E-state index is 0.00662. The van der Waals surface area contributed by atoms with Crippen molar-refractivity contribution in [1.29, 1.82) is 0 Å². The second-order valence-corrected chi connectivity index (χ2v) is 7.79. The molecule has 10 heteroatoms. The van der Waals surface area contributed by atoms with E-state index in [1.165, 1.54) is 0 Å². The highest BCUT2D eigenvalue weighted by Gasteiger charge is 2.29. The van der Waals surface area contributed by atoms with Gasteiger partial charge in [0.2, 0.25) is 5.91 Å². The van der Waals surface area contributed by atoms with Crippen molar-refractivity contribution in [1.82, 2.24) is 25.1 Å². The van der Waals surface area contributed by atoms with E-state index in [9.17, 15) is 13.2 Å². The van der Waals surface area contributed by atoms with E-state index in [1.807, 2.05) is 0 Å². The summed E-state index contributed by atoms with van der Waals surface area (Å²) in [7, 11) is -3.41. The van der Waals surface area contributed by atoms with Crippen LogP contribution in [0.2, 0.25) is 0 Å². The van der Waals surface area contributed by atoms with Gasteiger partial charge >= 0.3 is 0 Å². The standard InChI is InChI=1S/C12H19N5O4S/c18-12(16-4-6-21-7-5-16)3-8-22(19,20)9-11-13-14-15-17(11)10-1-2-10/h10H,1-9H2. The molecule has 1 aromatic heterocycles. The lowest BCUT2D eigenvalue weighted by atomic mass is 10.3. The van der Waals surface area contributed by atoms with Gasteiger partial charge in [-0.15, -0.1) is 5.10 Å². The third-order valence-corrected chi connectivity index (χ3v) is 5.32. The molecule has 0 radical (unpaired) electrons. The van der Waals surface area contributed by atoms with E-state index in [0.29, 0.717) is 32.1 Å². The number of hydrogen-bond donors (Lipinski definition) is 0. The van der Waals surface area contributed by atoms with Crippen molar-refractivity contribution in [3.8, 4) is 0 Å². The zero-order chi connectivity index (χ0) is 15.6. The van der Waals surface area contributed by atoms with Gasteiger partial charge in [0.25, 0.3) is 0 Å². The van der Waals surface area contributed by atoms with Crippen LogP contribution in [0.5, 0.6) is 0 Å². The van der Waals surface area contributed by atoms with Gasteiger partial charge in [-0.2, -0.15) is 0 Å². The SMILES string of the molecule is O=C(CCS(=O)(=O)Cc1nnnn1C1CC1)N1CCOCC1. The molecule has 2 heterocycles. The molecule has 0 unspecified atom stereocenters. The van der Waals surface area contributed by atoms with E-state index in [1.54, 1.807) is 9.58 Å². The lowest BCUT2D eigenvalue weighted by Crippen LogP contribution is -2.41. The molecule has 1 aliphatic carbocycles. The minimum Gasteiger partial charge on any atom is -0.378 e. The molecule has 1 aromatic rings. The summed E-state index contributed by atoms with van der Waals surface area (Å²) >= 11 is 0. The second-order valence-electron chi connectivity index (χ2n) is 5.61. The Morgan fingerprint density at radius 1 is 1.27 bits per heavy atom. The predicted octanol–water partition coefficient (Wildman–Crippen LogP) is -0.828. The van der Waals surface area contributed by atoms with Gasteiger partial charge in [0.05, 0.1) is 25.0 Å². The molecule has 1 saturated carbocycles. The smallest absolute Gasteiger partial charge is 0.223 e. The highest BCUT2D eigenvalue weighted by molar-refractivity contribution is 7.90. The highest BCUT2D eigenvalue weighted by Crippen LogP contribution is 2.34. The first-order valence-corrected chi connectivity index (χ1v) is 9.20. The molecule has 0 spiro atoms. The highest BCUT2D eigenvalue weighted by atomic mass is 32.2. The first-order valence-electron chi connectivity index (χ1n) is 7.38. The van der Waals surface area contributed by atoms with E-state index in [4.69, 9.17) is 4.74 Å². The van der Waals surface area contributed by atoms with Crippen LogP contribution in [0.3, 0.4) is 0 Å². The summed E-state index contributed by atoms with van der Waals surface area (Å²) < 4.78 is 31.1. The van der Waals surface area contributed by atoms with Crippen LogP contribution in [0, 0.1) is 0 Å². The Morgan fingerprint density at radius 2 is 2.00 bits per heavy atom. The third kappa shape index (κ3) is 3.80. The average Bonchev–Trinajstić information content (AvgIpc) is 3.26. The van der Waals surface area contributed by atoms with Crippen molar-refractivity contribution < 1.29 is 17.9 Å². The fourth-order valence-corrected chi connectivity index (χ4v) is 3.61.